The number of methoxy groups -OCH3 is 1. The van der Waals surface area contributed by atoms with Gasteiger partial charge in [-0.1, -0.05) is 42.1 Å². The zero-order chi connectivity index (χ0) is 22.9. The minimum atomic E-state index is -0.0550. The van der Waals surface area contributed by atoms with Crippen LogP contribution in [-0.4, -0.2) is 30.2 Å². The molecule has 0 fully saturated rings. The Hall–Kier alpha value is -3.51. The number of fused-ring (bicyclic) bond motifs is 1. The molecule has 0 radical (unpaired) electrons. The highest BCUT2D eigenvalue weighted by Gasteiger charge is 2.06. The molecule has 0 N–H and O–H groups in total. The van der Waals surface area contributed by atoms with E-state index in [9.17, 15) is 4.79 Å². The molecule has 33 heavy (non-hydrogen) atoms. The van der Waals surface area contributed by atoms with Crippen molar-refractivity contribution in [1.82, 2.24) is 4.98 Å². The maximum atomic E-state index is 12.4. The fraction of sp³-hybridized carbons (Fsp3) is 0.185. The molecule has 5 nitrogen and oxygen atoms in total. The van der Waals surface area contributed by atoms with Crippen molar-refractivity contribution in [3.05, 3.63) is 90.0 Å². The number of allylic oxidation sites excluding steroid dienone is 1. The van der Waals surface area contributed by atoms with Gasteiger partial charge in [-0.25, -0.2) is 4.98 Å². The van der Waals surface area contributed by atoms with E-state index in [4.69, 9.17) is 13.9 Å². The van der Waals surface area contributed by atoms with Crippen LogP contribution in [0.1, 0.15) is 28.8 Å². The largest absolute Gasteiger partial charge is 0.497 e. The van der Waals surface area contributed by atoms with Crippen molar-refractivity contribution in [3.63, 3.8) is 0 Å². The molecule has 168 valence electrons. The molecule has 6 heteroatoms. The molecule has 4 aromatic rings. The molecule has 1 aromatic heterocycles. The summed E-state index contributed by atoms with van der Waals surface area (Å²) in [4.78, 5) is 16.9. The molecule has 0 aliphatic heterocycles. The topological polar surface area (TPSA) is 61.6 Å². The monoisotopic (exact) mass is 459 g/mol. The fourth-order valence-electron chi connectivity index (χ4n) is 3.20. The first kappa shape index (κ1) is 22.7. The number of hydrogen-bond acceptors (Lipinski definition) is 6. The van der Waals surface area contributed by atoms with E-state index in [1.165, 1.54) is 0 Å². The molecule has 0 saturated heterocycles. The predicted molar refractivity (Wildman–Crippen MR) is 132 cm³/mol. The SMILES string of the molecule is COc1cccc(C=CC(=O)c2ccc(OCCCCSc3nc4ccccc4o3)cc2)c1. The molecule has 0 bridgehead atoms. The van der Waals surface area contributed by atoms with E-state index in [1.807, 2.05) is 60.7 Å². The minimum absolute atomic E-state index is 0.0550. The molecule has 4 rings (SSSR count). The quantitative estimate of drug-likeness (QED) is 0.108. The van der Waals surface area contributed by atoms with Gasteiger partial charge in [-0.15, -0.1) is 0 Å². The number of thioether (sulfide) groups is 1. The van der Waals surface area contributed by atoms with Gasteiger partial charge in [0.15, 0.2) is 11.4 Å². The van der Waals surface area contributed by atoms with E-state index >= 15 is 0 Å². The first-order valence-electron chi connectivity index (χ1n) is 10.8. The fourth-order valence-corrected chi connectivity index (χ4v) is 4.03. The van der Waals surface area contributed by atoms with Crippen molar-refractivity contribution in [1.29, 1.82) is 0 Å². The maximum Gasteiger partial charge on any atom is 0.256 e. The van der Waals surface area contributed by atoms with Gasteiger partial charge in [-0.2, -0.15) is 0 Å². The molecule has 0 spiro atoms. The summed E-state index contributed by atoms with van der Waals surface area (Å²) in [5.74, 6) is 2.38. The van der Waals surface area contributed by atoms with Gasteiger partial charge in [-0.3, -0.25) is 4.79 Å². The molecule has 0 unspecified atom stereocenters. The third-order valence-corrected chi connectivity index (χ3v) is 5.88. The number of carbonyl (C=O) groups excluding carboxylic acids is 1. The number of nitrogens with zero attached hydrogens (tertiary/aromatic N) is 1. The minimum Gasteiger partial charge on any atom is -0.497 e. The molecule has 1 heterocycles. The summed E-state index contributed by atoms with van der Waals surface area (Å²) < 4.78 is 16.7. The average Bonchev–Trinajstić information content (AvgIpc) is 3.28. The summed E-state index contributed by atoms with van der Waals surface area (Å²) in [6.45, 7) is 0.622. The van der Waals surface area contributed by atoms with Crippen LogP contribution in [0.2, 0.25) is 0 Å². The molecule has 0 aliphatic carbocycles. The van der Waals surface area contributed by atoms with E-state index in [0.29, 0.717) is 17.4 Å². The highest BCUT2D eigenvalue weighted by Crippen LogP contribution is 2.24. The Balaban J connectivity index is 1.17. The second-order valence-corrected chi connectivity index (χ2v) is 8.40. The Morgan fingerprint density at radius 3 is 2.67 bits per heavy atom. The van der Waals surface area contributed by atoms with Crippen molar-refractivity contribution in [2.75, 3.05) is 19.5 Å². The van der Waals surface area contributed by atoms with E-state index < -0.39 is 0 Å². The number of para-hydroxylation sites is 2. The lowest BCUT2D eigenvalue weighted by Gasteiger charge is -2.06. The van der Waals surface area contributed by atoms with Crippen molar-refractivity contribution >= 4 is 34.7 Å². The number of benzene rings is 3. The van der Waals surface area contributed by atoms with Crippen LogP contribution >= 0.6 is 11.8 Å². The molecule has 0 atom stereocenters. The number of aromatic nitrogens is 1. The Labute approximate surface area is 197 Å². The highest BCUT2D eigenvalue weighted by molar-refractivity contribution is 7.99. The van der Waals surface area contributed by atoms with Crippen LogP contribution in [0, 0.1) is 0 Å². The van der Waals surface area contributed by atoms with Gasteiger partial charge < -0.3 is 13.9 Å². The molecular weight excluding hydrogens is 434 g/mol. The number of ether oxygens (including phenoxy) is 2. The van der Waals surface area contributed by atoms with Crippen LogP contribution in [0.25, 0.3) is 17.2 Å². The summed E-state index contributed by atoms with van der Waals surface area (Å²) in [5.41, 5.74) is 3.25. The normalized spacial score (nSPS) is 11.2. The number of carbonyl (C=O) groups is 1. The van der Waals surface area contributed by atoms with Crippen molar-refractivity contribution < 1.29 is 18.7 Å². The molecule has 0 aliphatic rings. The number of ketones is 1. The van der Waals surface area contributed by atoms with E-state index in [0.717, 1.165) is 46.8 Å². The Bertz CT molecular complexity index is 1200. The lowest BCUT2D eigenvalue weighted by molar-refractivity contribution is 0.104. The van der Waals surface area contributed by atoms with Crippen LogP contribution in [0.5, 0.6) is 11.5 Å². The Morgan fingerprint density at radius 2 is 1.85 bits per heavy atom. The molecule has 0 amide bonds. The van der Waals surface area contributed by atoms with E-state index in [-0.39, 0.29) is 5.78 Å². The van der Waals surface area contributed by atoms with Gasteiger partial charge in [0.2, 0.25) is 0 Å². The first-order valence-corrected chi connectivity index (χ1v) is 11.8. The molecular formula is C27H25NO4S. The van der Waals surface area contributed by atoms with Crippen LogP contribution in [-0.2, 0) is 0 Å². The Kier molecular flexibility index (Phi) is 7.82. The predicted octanol–water partition coefficient (Wildman–Crippen LogP) is 6.68. The number of hydrogen-bond donors (Lipinski definition) is 0. The second-order valence-electron chi connectivity index (χ2n) is 7.35. The smallest absolute Gasteiger partial charge is 0.256 e. The van der Waals surface area contributed by atoms with Crippen LogP contribution < -0.4 is 9.47 Å². The third-order valence-electron chi connectivity index (χ3n) is 4.97. The number of unbranched alkanes of at least 4 members (excludes halogenated alkanes) is 1. The summed E-state index contributed by atoms with van der Waals surface area (Å²) in [6, 6.07) is 22.6. The first-order chi connectivity index (χ1) is 16.2. The summed E-state index contributed by atoms with van der Waals surface area (Å²) in [6.07, 6.45) is 5.28. The standard InChI is InChI=1S/C27H25NO4S/c1-30-23-8-6-7-20(19-23)11-16-25(29)21-12-14-22(15-13-21)31-17-4-5-18-33-27-28-24-9-2-3-10-26(24)32-27/h2-3,6-16,19H,4-5,17-18H2,1H3. The van der Waals surface area contributed by atoms with Gasteiger partial charge in [0.1, 0.15) is 17.0 Å². The van der Waals surface area contributed by atoms with Gasteiger partial charge >= 0.3 is 0 Å². The third kappa shape index (κ3) is 6.49. The van der Waals surface area contributed by atoms with Gasteiger partial charge in [-0.05, 0) is 73.0 Å². The number of rotatable bonds is 11. The Morgan fingerprint density at radius 1 is 1.00 bits per heavy atom. The summed E-state index contributed by atoms with van der Waals surface area (Å²) in [5, 5.41) is 0.706. The lowest BCUT2D eigenvalue weighted by Crippen LogP contribution is -1.99. The van der Waals surface area contributed by atoms with Crippen LogP contribution in [0.15, 0.2) is 88.5 Å². The average molecular weight is 460 g/mol. The van der Waals surface area contributed by atoms with Crippen molar-refractivity contribution in [2.45, 2.75) is 18.1 Å². The van der Waals surface area contributed by atoms with Gasteiger partial charge in [0, 0.05) is 11.3 Å². The number of oxazole rings is 1. The summed E-state index contributed by atoms with van der Waals surface area (Å²) in [7, 11) is 1.62. The van der Waals surface area contributed by atoms with Gasteiger partial charge in [0.25, 0.3) is 5.22 Å². The van der Waals surface area contributed by atoms with Gasteiger partial charge in [0.05, 0.1) is 13.7 Å². The molecule has 3 aromatic carbocycles. The van der Waals surface area contributed by atoms with Crippen LogP contribution in [0.3, 0.4) is 0 Å². The highest BCUT2D eigenvalue weighted by atomic mass is 32.2. The maximum absolute atomic E-state index is 12.4. The van der Waals surface area contributed by atoms with Crippen LogP contribution in [0.4, 0.5) is 0 Å². The zero-order valence-corrected chi connectivity index (χ0v) is 19.2. The van der Waals surface area contributed by atoms with E-state index in [2.05, 4.69) is 4.98 Å². The van der Waals surface area contributed by atoms with E-state index in [1.54, 1.807) is 43.2 Å². The summed E-state index contributed by atoms with van der Waals surface area (Å²) >= 11 is 1.62. The van der Waals surface area contributed by atoms with Crippen molar-refractivity contribution in [3.8, 4) is 11.5 Å². The second kappa shape index (κ2) is 11.4. The zero-order valence-electron chi connectivity index (χ0n) is 18.4. The van der Waals surface area contributed by atoms with Crippen molar-refractivity contribution in [2.24, 2.45) is 0 Å². The molecule has 0 saturated carbocycles. The lowest BCUT2D eigenvalue weighted by atomic mass is 10.1.